The van der Waals surface area contributed by atoms with Crippen molar-refractivity contribution in [3.05, 3.63) is 24.2 Å². The highest BCUT2D eigenvalue weighted by Gasteiger charge is 2.18. The Kier molecular flexibility index (Phi) is 6.71. The average Bonchev–Trinajstić information content (AvgIpc) is 2.95. The van der Waals surface area contributed by atoms with E-state index < -0.39 is 0 Å². The molecule has 0 aliphatic heterocycles. The van der Waals surface area contributed by atoms with Crippen LogP contribution >= 0.6 is 0 Å². The molecule has 19 heavy (non-hydrogen) atoms. The van der Waals surface area contributed by atoms with Crippen LogP contribution < -0.4 is 0 Å². The number of methoxy groups -OCH3 is 1. The van der Waals surface area contributed by atoms with Crippen molar-refractivity contribution in [1.29, 1.82) is 0 Å². The molecule has 1 heterocycles. The molecule has 5 heteroatoms. The van der Waals surface area contributed by atoms with Crippen molar-refractivity contribution in [1.82, 2.24) is 4.90 Å². The summed E-state index contributed by atoms with van der Waals surface area (Å²) in [6, 6.07) is 3.31. The molecule has 0 N–H and O–H groups in total. The van der Waals surface area contributed by atoms with Gasteiger partial charge >= 0.3 is 5.97 Å². The molecule has 0 radical (unpaired) electrons. The van der Waals surface area contributed by atoms with Crippen LogP contribution in [0.4, 0.5) is 0 Å². The van der Waals surface area contributed by atoms with Crippen molar-refractivity contribution < 1.29 is 18.7 Å². The maximum atomic E-state index is 12.2. The fraction of sp³-hybridized carbons (Fsp3) is 0.571. The van der Waals surface area contributed by atoms with E-state index in [2.05, 4.69) is 11.7 Å². The zero-order valence-corrected chi connectivity index (χ0v) is 11.6. The van der Waals surface area contributed by atoms with Gasteiger partial charge in [0.05, 0.1) is 19.8 Å². The van der Waals surface area contributed by atoms with Gasteiger partial charge in [-0.3, -0.25) is 9.59 Å². The number of carbonyl (C=O) groups excluding carboxylic acids is 2. The highest BCUT2D eigenvalue weighted by atomic mass is 16.5. The van der Waals surface area contributed by atoms with Crippen molar-refractivity contribution in [2.45, 2.75) is 32.6 Å². The normalized spacial score (nSPS) is 10.2. The van der Waals surface area contributed by atoms with Crippen LogP contribution in [-0.2, 0) is 9.53 Å². The number of carbonyl (C=O) groups is 2. The van der Waals surface area contributed by atoms with Gasteiger partial charge in [0.25, 0.3) is 5.91 Å². The number of furan rings is 1. The van der Waals surface area contributed by atoms with Crippen LogP contribution in [0.2, 0.25) is 0 Å². The van der Waals surface area contributed by atoms with E-state index in [9.17, 15) is 9.59 Å². The summed E-state index contributed by atoms with van der Waals surface area (Å²) in [7, 11) is 1.35. The molecular formula is C14H21NO4. The van der Waals surface area contributed by atoms with Gasteiger partial charge in [0.1, 0.15) is 0 Å². The first-order valence-corrected chi connectivity index (χ1v) is 6.58. The number of amides is 1. The van der Waals surface area contributed by atoms with Crippen LogP contribution in [0.15, 0.2) is 22.8 Å². The first-order valence-electron chi connectivity index (χ1n) is 6.58. The van der Waals surface area contributed by atoms with Crippen LogP contribution in [0.25, 0.3) is 0 Å². The van der Waals surface area contributed by atoms with Crippen molar-refractivity contribution >= 4 is 11.9 Å². The second kappa shape index (κ2) is 8.34. The molecule has 1 aromatic rings. The van der Waals surface area contributed by atoms with Gasteiger partial charge in [0.2, 0.25) is 0 Å². The molecule has 1 aromatic heterocycles. The Morgan fingerprint density at radius 2 is 2.11 bits per heavy atom. The standard InChI is InChI=1S/C14H21NO4/c1-3-4-5-9-15(10-8-13(16)18-2)14(17)12-7-6-11-19-12/h6-7,11H,3-5,8-10H2,1-2H3. The van der Waals surface area contributed by atoms with Gasteiger partial charge in [-0.05, 0) is 18.6 Å². The zero-order valence-electron chi connectivity index (χ0n) is 11.6. The quantitative estimate of drug-likeness (QED) is 0.536. The second-order valence-electron chi connectivity index (χ2n) is 4.30. The fourth-order valence-electron chi connectivity index (χ4n) is 1.75. The summed E-state index contributed by atoms with van der Waals surface area (Å²) in [4.78, 5) is 25.0. The van der Waals surface area contributed by atoms with Crippen LogP contribution in [-0.4, -0.2) is 37.0 Å². The molecule has 0 aromatic carbocycles. The van der Waals surface area contributed by atoms with Crippen LogP contribution in [0.5, 0.6) is 0 Å². The third kappa shape index (κ3) is 5.16. The molecule has 5 nitrogen and oxygen atoms in total. The summed E-state index contributed by atoms with van der Waals surface area (Å²) < 4.78 is 9.70. The SMILES string of the molecule is CCCCCN(CCC(=O)OC)C(=O)c1ccco1. The molecule has 0 saturated heterocycles. The number of nitrogens with zero attached hydrogens (tertiary/aromatic N) is 1. The van der Waals surface area contributed by atoms with Crippen LogP contribution in [0.3, 0.4) is 0 Å². The Labute approximate surface area is 113 Å². The van der Waals surface area contributed by atoms with E-state index in [0.717, 1.165) is 19.3 Å². The summed E-state index contributed by atoms with van der Waals surface area (Å²) in [5.41, 5.74) is 0. The van der Waals surface area contributed by atoms with E-state index in [1.165, 1.54) is 13.4 Å². The topological polar surface area (TPSA) is 59.8 Å². The molecule has 1 rings (SSSR count). The molecule has 0 atom stereocenters. The first kappa shape index (κ1) is 15.3. The molecule has 0 aliphatic rings. The summed E-state index contributed by atoms with van der Waals surface area (Å²) in [6.07, 6.45) is 4.73. The number of rotatable bonds is 8. The lowest BCUT2D eigenvalue weighted by Crippen LogP contribution is -2.33. The number of unbranched alkanes of at least 4 members (excludes halogenated alkanes) is 2. The lowest BCUT2D eigenvalue weighted by Gasteiger charge is -2.21. The Morgan fingerprint density at radius 1 is 1.32 bits per heavy atom. The molecule has 0 unspecified atom stereocenters. The first-order chi connectivity index (χ1) is 9.19. The van der Waals surface area contributed by atoms with Gasteiger partial charge in [0.15, 0.2) is 5.76 Å². The Morgan fingerprint density at radius 3 is 2.68 bits per heavy atom. The lowest BCUT2D eigenvalue weighted by molar-refractivity contribution is -0.140. The molecule has 0 saturated carbocycles. The fourth-order valence-corrected chi connectivity index (χ4v) is 1.75. The van der Waals surface area contributed by atoms with Gasteiger partial charge in [-0.15, -0.1) is 0 Å². The van der Waals surface area contributed by atoms with Gasteiger partial charge in [-0.2, -0.15) is 0 Å². The van der Waals surface area contributed by atoms with Gasteiger partial charge in [0, 0.05) is 13.1 Å². The molecule has 106 valence electrons. The van der Waals surface area contributed by atoms with Gasteiger partial charge in [-0.1, -0.05) is 19.8 Å². The summed E-state index contributed by atoms with van der Waals surface area (Å²) in [5.74, 6) is -0.181. The predicted octanol–water partition coefficient (Wildman–Crippen LogP) is 2.48. The number of ether oxygens (including phenoxy) is 1. The summed E-state index contributed by atoms with van der Waals surface area (Å²) >= 11 is 0. The minimum Gasteiger partial charge on any atom is -0.469 e. The van der Waals surface area contributed by atoms with Gasteiger partial charge < -0.3 is 14.1 Å². The predicted molar refractivity (Wildman–Crippen MR) is 70.8 cm³/mol. The van der Waals surface area contributed by atoms with Crippen molar-refractivity contribution in [3.8, 4) is 0 Å². The van der Waals surface area contributed by atoms with E-state index in [1.54, 1.807) is 17.0 Å². The van der Waals surface area contributed by atoms with E-state index in [0.29, 0.717) is 18.8 Å². The average molecular weight is 267 g/mol. The highest BCUT2D eigenvalue weighted by Crippen LogP contribution is 2.08. The van der Waals surface area contributed by atoms with Crippen molar-refractivity contribution in [3.63, 3.8) is 0 Å². The maximum absolute atomic E-state index is 12.2. The molecule has 0 spiro atoms. The van der Waals surface area contributed by atoms with Crippen molar-refractivity contribution in [2.75, 3.05) is 20.2 Å². The molecule has 0 aliphatic carbocycles. The largest absolute Gasteiger partial charge is 0.469 e. The molecule has 0 bridgehead atoms. The minimum atomic E-state index is -0.312. The number of esters is 1. The van der Waals surface area contributed by atoms with E-state index in [-0.39, 0.29) is 18.3 Å². The summed E-state index contributed by atoms with van der Waals surface area (Å²) in [6.45, 7) is 3.09. The monoisotopic (exact) mass is 267 g/mol. The Hall–Kier alpha value is -1.78. The Bertz CT molecular complexity index is 386. The lowest BCUT2D eigenvalue weighted by atomic mass is 10.2. The van der Waals surface area contributed by atoms with Gasteiger partial charge in [-0.25, -0.2) is 0 Å². The summed E-state index contributed by atoms with van der Waals surface area (Å²) in [5, 5.41) is 0. The van der Waals surface area contributed by atoms with Crippen LogP contribution in [0.1, 0.15) is 43.2 Å². The number of hydrogen-bond acceptors (Lipinski definition) is 4. The second-order valence-corrected chi connectivity index (χ2v) is 4.30. The van der Waals surface area contributed by atoms with Crippen LogP contribution in [0, 0.1) is 0 Å². The smallest absolute Gasteiger partial charge is 0.307 e. The molecule has 0 fully saturated rings. The minimum absolute atomic E-state index is 0.176. The highest BCUT2D eigenvalue weighted by molar-refractivity contribution is 5.91. The third-order valence-electron chi connectivity index (χ3n) is 2.86. The Balaban J connectivity index is 2.57. The third-order valence-corrected chi connectivity index (χ3v) is 2.86. The molecule has 1 amide bonds. The molecular weight excluding hydrogens is 246 g/mol. The number of hydrogen-bond donors (Lipinski definition) is 0. The van der Waals surface area contributed by atoms with Crippen molar-refractivity contribution in [2.24, 2.45) is 0 Å². The van der Waals surface area contributed by atoms with E-state index in [1.807, 2.05) is 0 Å². The van der Waals surface area contributed by atoms with E-state index >= 15 is 0 Å². The van der Waals surface area contributed by atoms with E-state index in [4.69, 9.17) is 4.42 Å². The maximum Gasteiger partial charge on any atom is 0.307 e. The zero-order chi connectivity index (χ0) is 14.1.